The second-order valence-electron chi connectivity index (χ2n) is 8.97. The van der Waals surface area contributed by atoms with Gasteiger partial charge in [-0.25, -0.2) is 0 Å². The summed E-state index contributed by atoms with van der Waals surface area (Å²) in [6, 6.07) is 3.99. The summed E-state index contributed by atoms with van der Waals surface area (Å²) in [5.74, 6) is -0.459. The van der Waals surface area contributed by atoms with Gasteiger partial charge < -0.3 is 20.8 Å². The Morgan fingerprint density at radius 3 is 2.73 bits per heavy atom. The SMILES string of the molecule is O=C1Nc2c(cccc2C(F)(F)F)/C1=C1/NC2CCCCC2/C1=N\OCCN1CCNCC1. The van der Waals surface area contributed by atoms with Crippen LogP contribution in [-0.4, -0.2) is 61.9 Å². The van der Waals surface area contributed by atoms with Crippen molar-refractivity contribution in [1.82, 2.24) is 15.5 Å². The number of fused-ring (bicyclic) bond motifs is 2. The largest absolute Gasteiger partial charge is 0.418 e. The molecule has 7 nitrogen and oxygen atoms in total. The van der Waals surface area contributed by atoms with Crippen molar-refractivity contribution in [2.45, 2.75) is 37.9 Å². The summed E-state index contributed by atoms with van der Waals surface area (Å²) in [5, 5.41) is 13.6. The van der Waals surface area contributed by atoms with Crippen molar-refractivity contribution in [3.05, 3.63) is 35.0 Å². The molecule has 0 radical (unpaired) electrons. The molecule has 1 saturated carbocycles. The second-order valence-corrected chi connectivity index (χ2v) is 8.97. The maximum Gasteiger partial charge on any atom is 0.418 e. The molecule has 2 unspecified atom stereocenters. The number of carbonyl (C=O) groups excluding carboxylic acids is 1. The number of carbonyl (C=O) groups is 1. The first-order valence-corrected chi connectivity index (χ1v) is 11.6. The molecule has 0 aromatic heterocycles. The number of hydrogen-bond donors (Lipinski definition) is 3. The van der Waals surface area contributed by atoms with Gasteiger partial charge in [0.2, 0.25) is 0 Å². The number of rotatable bonds is 4. The molecule has 1 aromatic carbocycles. The summed E-state index contributed by atoms with van der Waals surface area (Å²) >= 11 is 0. The maximum absolute atomic E-state index is 13.5. The van der Waals surface area contributed by atoms with Gasteiger partial charge in [0, 0.05) is 50.2 Å². The molecule has 33 heavy (non-hydrogen) atoms. The van der Waals surface area contributed by atoms with Crippen LogP contribution in [0.4, 0.5) is 18.9 Å². The molecule has 10 heteroatoms. The number of piperazine rings is 1. The zero-order valence-electron chi connectivity index (χ0n) is 18.3. The first kappa shape index (κ1) is 22.2. The molecule has 4 aliphatic rings. The van der Waals surface area contributed by atoms with Gasteiger partial charge in [0.25, 0.3) is 5.91 Å². The normalized spacial score (nSPS) is 28.9. The van der Waals surface area contributed by atoms with Crippen molar-refractivity contribution >= 4 is 22.9 Å². The van der Waals surface area contributed by atoms with Crippen molar-refractivity contribution in [3.63, 3.8) is 0 Å². The van der Waals surface area contributed by atoms with Crippen molar-refractivity contribution in [2.24, 2.45) is 11.1 Å². The molecule has 3 aliphatic heterocycles. The van der Waals surface area contributed by atoms with Crippen molar-refractivity contribution in [3.8, 4) is 0 Å². The fourth-order valence-corrected chi connectivity index (χ4v) is 5.29. The topological polar surface area (TPSA) is 78.0 Å². The number of anilines is 1. The molecular formula is C23H28F3N5O2. The molecular weight excluding hydrogens is 435 g/mol. The molecule has 2 saturated heterocycles. The van der Waals surface area contributed by atoms with Crippen molar-refractivity contribution in [1.29, 1.82) is 0 Å². The molecule has 1 aromatic rings. The van der Waals surface area contributed by atoms with E-state index in [0.29, 0.717) is 18.0 Å². The first-order chi connectivity index (χ1) is 15.9. The van der Waals surface area contributed by atoms with E-state index in [9.17, 15) is 18.0 Å². The molecule has 2 atom stereocenters. The van der Waals surface area contributed by atoms with E-state index < -0.39 is 17.6 Å². The van der Waals surface area contributed by atoms with Gasteiger partial charge >= 0.3 is 6.18 Å². The van der Waals surface area contributed by atoms with Crippen LogP contribution in [0.3, 0.4) is 0 Å². The Hall–Kier alpha value is -2.59. The Kier molecular flexibility index (Phi) is 6.05. The van der Waals surface area contributed by atoms with Crippen molar-refractivity contribution < 1.29 is 22.8 Å². The lowest BCUT2D eigenvalue weighted by molar-refractivity contribution is -0.136. The number of amides is 1. The van der Waals surface area contributed by atoms with Crippen LogP contribution in [0.5, 0.6) is 0 Å². The average molecular weight is 464 g/mol. The molecule has 1 amide bonds. The highest BCUT2D eigenvalue weighted by Crippen LogP contribution is 2.45. The Morgan fingerprint density at radius 1 is 1.15 bits per heavy atom. The van der Waals surface area contributed by atoms with Gasteiger partial charge in [0.05, 0.1) is 22.5 Å². The number of benzene rings is 1. The lowest BCUT2D eigenvalue weighted by Gasteiger charge is -2.26. The zero-order valence-corrected chi connectivity index (χ0v) is 18.3. The van der Waals surface area contributed by atoms with Crippen LogP contribution in [0.2, 0.25) is 0 Å². The van der Waals surface area contributed by atoms with E-state index in [1.165, 1.54) is 6.07 Å². The highest BCUT2D eigenvalue weighted by atomic mass is 19.4. The molecule has 0 bridgehead atoms. The van der Waals surface area contributed by atoms with Crippen LogP contribution < -0.4 is 16.0 Å². The lowest BCUT2D eigenvalue weighted by Crippen LogP contribution is -2.44. The second kappa shape index (κ2) is 8.98. The third-order valence-electron chi connectivity index (χ3n) is 6.93. The predicted molar refractivity (Wildman–Crippen MR) is 119 cm³/mol. The van der Waals surface area contributed by atoms with E-state index >= 15 is 0 Å². The molecule has 0 spiro atoms. The molecule has 5 rings (SSSR count). The number of hydrogen-bond acceptors (Lipinski definition) is 6. The monoisotopic (exact) mass is 463 g/mol. The van der Waals surface area contributed by atoms with Crippen LogP contribution in [0.1, 0.15) is 36.8 Å². The van der Waals surface area contributed by atoms with Crippen LogP contribution >= 0.6 is 0 Å². The number of nitrogens with zero attached hydrogens (tertiary/aromatic N) is 2. The van der Waals surface area contributed by atoms with E-state index in [4.69, 9.17) is 4.84 Å². The molecule has 1 aliphatic carbocycles. The van der Waals surface area contributed by atoms with Gasteiger partial charge in [-0.2, -0.15) is 13.2 Å². The number of allylic oxidation sites excluding steroid dienone is 1. The average Bonchev–Trinajstić information content (AvgIpc) is 3.32. The van der Waals surface area contributed by atoms with E-state index in [2.05, 4.69) is 26.0 Å². The summed E-state index contributed by atoms with van der Waals surface area (Å²) < 4.78 is 40.6. The van der Waals surface area contributed by atoms with Gasteiger partial charge in [0.15, 0.2) is 0 Å². The number of nitrogens with one attached hydrogen (secondary N) is 3. The van der Waals surface area contributed by atoms with Gasteiger partial charge in [0.1, 0.15) is 12.3 Å². The van der Waals surface area contributed by atoms with E-state index in [1.54, 1.807) is 6.07 Å². The number of halogens is 3. The maximum atomic E-state index is 13.5. The third kappa shape index (κ3) is 4.33. The quantitative estimate of drug-likeness (QED) is 0.364. The minimum Gasteiger partial charge on any atom is -0.394 e. The number of para-hydroxylation sites is 1. The molecule has 3 heterocycles. The molecule has 178 valence electrons. The van der Waals surface area contributed by atoms with Crippen LogP contribution in [0.25, 0.3) is 5.57 Å². The van der Waals surface area contributed by atoms with Gasteiger partial charge in [-0.15, -0.1) is 0 Å². The zero-order chi connectivity index (χ0) is 23.0. The Labute approximate surface area is 190 Å². The molecule has 3 N–H and O–H groups in total. The standard InChI is InChI=1S/C23H28F3N5O2/c24-23(25,26)16-6-3-5-15-18(22(32)29-19(15)16)21-20(14-4-1-2-7-17(14)28-21)30-33-13-12-31-10-8-27-9-11-31/h3,5-6,14,17,27-28H,1-2,4,7-13H2,(H,29,32)/b21-18-,30-20+. The number of oxime groups is 1. The minimum atomic E-state index is -4.56. The number of alkyl halides is 3. The summed E-state index contributed by atoms with van der Waals surface area (Å²) in [7, 11) is 0. The van der Waals surface area contributed by atoms with E-state index in [-0.39, 0.29) is 28.8 Å². The fraction of sp³-hybridized carbons (Fsp3) is 0.565. The van der Waals surface area contributed by atoms with Crippen molar-refractivity contribution in [2.75, 3.05) is 44.6 Å². The first-order valence-electron chi connectivity index (χ1n) is 11.6. The van der Waals surface area contributed by atoms with Crippen LogP contribution in [-0.2, 0) is 15.8 Å². The molecule has 3 fully saturated rings. The third-order valence-corrected chi connectivity index (χ3v) is 6.93. The summed E-state index contributed by atoms with van der Waals surface area (Å²) in [6.45, 7) is 4.99. The Morgan fingerprint density at radius 2 is 1.94 bits per heavy atom. The Balaban J connectivity index is 1.46. The van der Waals surface area contributed by atoms with E-state index in [1.807, 2.05) is 0 Å². The smallest absolute Gasteiger partial charge is 0.394 e. The highest BCUT2D eigenvalue weighted by molar-refractivity contribution is 6.36. The summed E-state index contributed by atoms with van der Waals surface area (Å²) in [4.78, 5) is 20.9. The summed E-state index contributed by atoms with van der Waals surface area (Å²) in [5.41, 5.74) is 0.595. The van der Waals surface area contributed by atoms with Crippen LogP contribution in [0.15, 0.2) is 29.1 Å². The lowest BCUT2D eigenvalue weighted by atomic mass is 9.84. The summed E-state index contributed by atoms with van der Waals surface area (Å²) in [6.07, 6.45) is -0.606. The Bertz CT molecular complexity index is 985. The van der Waals surface area contributed by atoms with Crippen LogP contribution in [0, 0.1) is 5.92 Å². The van der Waals surface area contributed by atoms with Gasteiger partial charge in [-0.05, 0) is 18.9 Å². The van der Waals surface area contributed by atoms with Gasteiger partial charge in [-0.3, -0.25) is 9.69 Å². The minimum absolute atomic E-state index is 0.0862. The highest BCUT2D eigenvalue weighted by Gasteiger charge is 2.44. The fourth-order valence-electron chi connectivity index (χ4n) is 5.29. The predicted octanol–water partition coefficient (Wildman–Crippen LogP) is 2.81. The van der Waals surface area contributed by atoms with Gasteiger partial charge in [-0.1, -0.05) is 30.1 Å². The van der Waals surface area contributed by atoms with E-state index in [0.717, 1.165) is 64.5 Å².